The van der Waals surface area contributed by atoms with Crippen molar-refractivity contribution in [3.05, 3.63) is 29.3 Å². The van der Waals surface area contributed by atoms with Crippen LogP contribution in [0.15, 0.2) is 29.3 Å². The lowest BCUT2D eigenvalue weighted by molar-refractivity contribution is -0.0566. The van der Waals surface area contributed by atoms with Crippen LogP contribution in [-0.2, 0) is 4.74 Å². The second kappa shape index (κ2) is 8.93. The summed E-state index contributed by atoms with van der Waals surface area (Å²) in [5.74, 6) is 0.769. The number of hydrogen-bond donors (Lipinski definition) is 3. The standard InChI is InChI=1S/C19H29ClN4O2/c1-2-21-18(22-14-19(25)7-10-26-11-8-19)23-16-6-9-24(13-16)17-5-3-4-15(20)12-17/h3-5,12,16,25H,2,6-11,13-14H2,1H3,(H2,21,22,23). The maximum Gasteiger partial charge on any atom is 0.191 e. The summed E-state index contributed by atoms with van der Waals surface area (Å²) in [5, 5.41) is 18.2. The number of anilines is 1. The maximum absolute atomic E-state index is 10.6. The van der Waals surface area contributed by atoms with E-state index in [1.807, 2.05) is 25.1 Å². The van der Waals surface area contributed by atoms with E-state index in [1.54, 1.807) is 0 Å². The number of nitrogens with zero attached hydrogens (tertiary/aromatic N) is 2. The number of guanidine groups is 1. The highest BCUT2D eigenvalue weighted by Crippen LogP contribution is 2.24. The zero-order chi connectivity index (χ0) is 18.4. The van der Waals surface area contributed by atoms with Crippen LogP contribution in [0.25, 0.3) is 0 Å². The molecule has 2 aliphatic rings. The molecular weight excluding hydrogens is 352 g/mol. The number of ether oxygens (including phenoxy) is 1. The predicted molar refractivity (Wildman–Crippen MR) is 106 cm³/mol. The molecule has 1 aromatic rings. The van der Waals surface area contributed by atoms with Gasteiger partial charge < -0.3 is 25.4 Å². The van der Waals surface area contributed by atoms with Crippen LogP contribution in [0.4, 0.5) is 5.69 Å². The maximum atomic E-state index is 10.6. The van der Waals surface area contributed by atoms with Gasteiger partial charge in [0.15, 0.2) is 5.96 Å². The molecule has 2 fully saturated rings. The molecule has 1 unspecified atom stereocenters. The van der Waals surface area contributed by atoms with E-state index < -0.39 is 5.60 Å². The summed E-state index contributed by atoms with van der Waals surface area (Å²) >= 11 is 6.11. The molecule has 0 amide bonds. The summed E-state index contributed by atoms with van der Waals surface area (Å²) in [7, 11) is 0. The first-order chi connectivity index (χ1) is 12.6. The van der Waals surface area contributed by atoms with Crippen LogP contribution in [0.2, 0.25) is 5.02 Å². The zero-order valence-corrected chi connectivity index (χ0v) is 16.1. The Bertz CT molecular complexity index is 619. The first-order valence-corrected chi connectivity index (χ1v) is 9.81. The van der Waals surface area contributed by atoms with Gasteiger partial charge in [0, 0.05) is 62.4 Å². The Balaban J connectivity index is 1.57. The van der Waals surface area contributed by atoms with Crippen molar-refractivity contribution >= 4 is 23.2 Å². The molecule has 0 bridgehead atoms. The van der Waals surface area contributed by atoms with Gasteiger partial charge in [0.1, 0.15) is 0 Å². The van der Waals surface area contributed by atoms with Gasteiger partial charge in [-0.25, -0.2) is 0 Å². The van der Waals surface area contributed by atoms with Gasteiger partial charge in [0.2, 0.25) is 0 Å². The Labute approximate surface area is 160 Å². The first-order valence-electron chi connectivity index (χ1n) is 9.43. The summed E-state index contributed by atoms with van der Waals surface area (Å²) in [6.45, 7) is 6.34. The zero-order valence-electron chi connectivity index (χ0n) is 15.4. The molecule has 3 rings (SSSR count). The van der Waals surface area contributed by atoms with Gasteiger partial charge >= 0.3 is 0 Å². The third-order valence-electron chi connectivity index (χ3n) is 5.00. The third kappa shape index (κ3) is 5.25. The van der Waals surface area contributed by atoms with Gasteiger partial charge in [-0.15, -0.1) is 0 Å². The van der Waals surface area contributed by atoms with Crippen LogP contribution in [0.5, 0.6) is 0 Å². The fourth-order valence-corrected chi connectivity index (χ4v) is 3.62. The summed E-state index contributed by atoms with van der Waals surface area (Å²) in [6.07, 6.45) is 2.32. The van der Waals surface area contributed by atoms with E-state index in [0.717, 1.165) is 42.7 Å². The summed E-state index contributed by atoms with van der Waals surface area (Å²) in [6, 6.07) is 8.29. The van der Waals surface area contributed by atoms with Crippen molar-refractivity contribution in [2.45, 2.75) is 37.8 Å². The minimum atomic E-state index is -0.747. The van der Waals surface area contributed by atoms with E-state index in [9.17, 15) is 5.11 Å². The van der Waals surface area contributed by atoms with Crippen molar-refractivity contribution in [3.63, 3.8) is 0 Å². The average Bonchev–Trinajstić information content (AvgIpc) is 3.09. The molecule has 3 N–H and O–H groups in total. The molecule has 6 nitrogen and oxygen atoms in total. The fraction of sp³-hybridized carbons (Fsp3) is 0.632. The summed E-state index contributed by atoms with van der Waals surface area (Å²) in [5.41, 5.74) is 0.406. The van der Waals surface area contributed by atoms with Crippen LogP contribution in [0, 0.1) is 0 Å². The Kier molecular flexibility index (Phi) is 6.62. The normalized spacial score (nSPS) is 23.1. The van der Waals surface area contributed by atoms with Crippen molar-refractivity contribution < 1.29 is 9.84 Å². The molecule has 1 atom stereocenters. The number of nitrogens with one attached hydrogen (secondary N) is 2. The topological polar surface area (TPSA) is 69.1 Å². The molecule has 0 saturated carbocycles. The monoisotopic (exact) mass is 380 g/mol. The van der Waals surface area contributed by atoms with E-state index >= 15 is 0 Å². The average molecular weight is 381 g/mol. The molecule has 0 aromatic heterocycles. The highest BCUT2D eigenvalue weighted by Gasteiger charge is 2.30. The molecule has 7 heteroatoms. The SMILES string of the molecule is CCNC(=NCC1(O)CCOCC1)NC1CCN(c2cccc(Cl)c2)C1. The second-order valence-electron chi connectivity index (χ2n) is 7.09. The van der Waals surface area contributed by atoms with Crippen LogP contribution in [0.1, 0.15) is 26.2 Å². The van der Waals surface area contributed by atoms with Crippen molar-refractivity contribution in [2.24, 2.45) is 4.99 Å². The van der Waals surface area contributed by atoms with E-state index in [-0.39, 0.29) is 0 Å². The first kappa shape index (κ1) is 19.3. The quantitative estimate of drug-likeness (QED) is 0.538. The van der Waals surface area contributed by atoms with Crippen molar-refractivity contribution in [1.29, 1.82) is 0 Å². The number of rotatable bonds is 5. The molecule has 1 aromatic carbocycles. The van der Waals surface area contributed by atoms with Crippen LogP contribution in [-0.4, -0.2) is 62.1 Å². The Hall–Kier alpha value is -1.50. The number of halogens is 1. The minimum Gasteiger partial charge on any atom is -0.388 e. The summed E-state index contributed by atoms with van der Waals surface area (Å²) in [4.78, 5) is 6.97. The smallest absolute Gasteiger partial charge is 0.191 e. The fourth-order valence-electron chi connectivity index (χ4n) is 3.43. The van der Waals surface area contributed by atoms with Gasteiger partial charge in [-0.3, -0.25) is 4.99 Å². The Morgan fingerprint density at radius 1 is 1.42 bits per heavy atom. The van der Waals surface area contributed by atoms with Crippen molar-refractivity contribution in [3.8, 4) is 0 Å². The molecule has 2 heterocycles. The number of aliphatic hydroxyl groups is 1. The molecule has 0 radical (unpaired) electrons. The highest BCUT2D eigenvalue weighted by atomic mass is 35.5. The van der Waals surface area contributed by atoms with E-state index in [2.05, 4.69) is 26.6 Å². The number of aliphatic imine (C=N–C) groups is 1. The van der Waals surface area contributed by atoms with E-state index in [0.29, 0.717) is 38.6 Å². The molecule has 144 valence electrons. The van der Waals surface area contributed by atoms with Gasteiger partial charge in [-0.05, 0) is 31.5 Å². The van der Waals surface area contributed by atoms with Gasteiger partial charge in [0.05, 0.1) is 12.1 Å². The largest absolute Gasteiger partial charge is 0.388 e. The lowest BCUT2D eigenvalue weighted by Gasteiger charge is -2.30. The lowest BCUT2D eigenvalue weighted by atomic mass is 9.95. The van der Waals surface area contributed by atoms with Crippen LogP contribution in [0.3, 0.4) is 0 Å². The highest BCUT2D eigenvalue weighted by molar-refractivity contribution is 6.30. The minimum absolute atomic E-state index is 0.316. The summed E-state index contributed by atoms with van der Waals surface area (Å²) < 4.78 is 5.33. The van der Waals surface area contributed by atoms with Crippen LogP contribution >= 0.6 is 11.6 Å². The molecule has 2 saturated heterocycles. The van der Waals surface area contributed by atoms with Gasteiger partial charge in [0.25, 0.3) is 0 Å². The van der Waals surface area contributed by atoms with Crippen LogP contribution < -0.4 is 15.5 Å². The van der Waals surface area contributed by atoms with Crippen molar-refractivity contribution in [1.82, 2.24) is 10.6 Å². The molecular formula is C19H29ClN4O2. The molecule has 0 spiro atoms. The Morgan fingerprint density at radius 3 is 2.96 bits per heavy atom. The Morgan fingerprint density at radius 2 is 2.23 bits per heavy atom. The number of benzene rings is 1. The third-order valence-corrected chi connectivity index (χ3v) is 5.24. The number of hydrogen-bond acceptors (Lipinski definition) is 4. The van der Waals surface area contributed by atoms with Crippen molar-refractivity contribution in [2.75, 3.05) is 44.3 Å². The van der Waals surface area contributed by atoms with E-state index in [1.165, 1.54) is 0 Å². The second-order valence-corrected chi connectivity index (χ2v) is 7.52. The molecule has 0 aliphatic carbocycles. The lowest BCUT2D eigenvalue weighted by Crippen LogP contribution is -2.46. The molecule has 26 heavy (non-hydrogen) atoms. The van der Waals surface area contributed by atoms with Gasteiger partial charge in [-0.2, -0.15) is 0 Å². The van der Waals surface area contributed by atoms with E-state index in [4.69, 9.17) is 16.3 Å². The molecule has 2 aliphatic heterocycles. The predicted octanol–water partition coefficient (Wildman–Crippen LogP) is 2.02. The van der Waals surface area contributed by atoms with Gasteiger partial charge in [-0.1, -0.05) is 17.7 Å².